The lowest BCUT2D eigenvalue weighted by atomic mass is 9.96. The van der Waals surface area contributed by atoms with E-state index in [9.17, 15) is 9.59 Å². The molecule has 2 N–H and O–H groups in total. The smallest absolute Gasteiger partial charge is 0.314 e. The summed E-state index contributed by atoms with van der Waals surface area (Å²) in [5.41, 5.74) is 10.7. The Hall–Kier alpha value is -4.71. The number of amides is 1. The zero-order chi connectivity index (χ0) is 26.1. The fourth-order valence-electron chi connectivity index (χ4n) is 5.28. The molecule has 6 rings (SSSR count). The van der Waals surface area contributed by atoms with E-state index in [4.69, 9.17) is 10.5 Å². The van der Waals surface area contributed by atoms with Gasteiger partial charge >= 0.3 is 5.97 Å². The summed E-state index contributed by atoms with van der Waals surface area (Å²) in [5, 5.41) is 1.15. The average molecular weight is 502 g/mol. The zero-order valence-electron chi connectivity index (χ0n) is 20.8. The maximum atomic E-state index is 13.4. The van der Waals surface area contributed by atoms with Crippen molar-refractivity contribution in [1.82, 2.24) is 4.98 Å². The van der Waals surface area contributed by atoms with E-state index in [-0.39, 0.29) is 17.5 Å². The van der Waals surface area contributed by atoms with Gasteiger partial charge in [0.25, 0.3) is 0 Å². The van der Waals surface area contributed by atoms with Crippen LogP contribution in [0, 0.1) is 5.92 Å². The van der Waals surface area contributed by atoms with Crippen molar-refractivity contribution in [3.05, 3.63) is 103 Å². The van der Waals surface area contributed by atoms with Crippen LogP contribution in [0.5, 0.6) is 5.75 Å². The first-order valence-electron chi connectivity index (χ1n) is 12.8. The van der Waals surface area contributed by atoms with E-state index in [1.54, 1.807) is 18.2 Å². The topological polar surface area (TPSA) is 85.5 Å². The van der Waals surface area contributed by atoms with Crippen molar-refractivity contribution in [1.29, 1.82) is 0 Å². The van der Waals surface area contributed by atoms with Gasteiger partial charge in [-0.25, -0.2) is 4.98 Å². The fraction of sp³-hybridized carbons (Fsp3) is 0.156. The Balaban J connectivity index is 1.24. The number of anilines is 1. The number of primary amides is 1. The summed E-state index contributed by atoms with van der Waals surface area (Å²) >= 11 is 0. The minimum Gasteiger partial charge on any atom is -0.425 e. The first-order chi connectivity index (χ1) is 18.6. The van der Waals surface area contributed by atoms with E-state index in [0.717, 1.165) is 18.8 Å². The molecule has 1 fully saturated rings. The highest BCUT2D eigenvalue weighted by Gasteiger charge is 2.28. The third-order valence-corrected chi connectivity index (χ3v) is 7.27. The Morgan fingerprint density at radius 2 is 1.47 bits per heavy atom. The van der Waals surface area contributed by atoms with Crippen molar-refractivity contribution in [2.24, 2.45) is 11.7 Å². The number of aromatic nitrogens is 1. The molecule has 1 aliphatic heterocycles. The van der Waals surface area contributed by atoms with Crippen molar-refractivity contribution in [2.75, 3.05) is 18.0 Å². The maximum absolute atomic E-state index is 13.4. The summed E-state index contributed by atoms with van der Waals surface area (Å²) in [6, 6.07) is 31.5. The number of rotatable bonds is 5. The first-order valence-corrected chi connectivity index (χ1v) is 12.8. The highest BCUT2D eigenvalue weighted by atomic mass is 16.5. The summed E-state index contributed by atoms with van der Waals surface area (Å²) in [6.07, 6.45) is 1.36. The molecule has 6 nitrogen and oxygen atoms in total. The molecule has 0 spiro atoms. The number of hydrogen-bond donors (Lipinski definition) is 1. The van der Waals surface area contributed by atoms with Gasteiger partial charge in [-0.15, -0.1) is 0 Å². The van der Waals surface area contributed by atoms with Crippen LogP contribution in [0.3, 0.4) is 0 Å². The van der Waals surface area contributed by atoms with Crippen molar-refractivity contribution in [2.45, 2.75) is 12.8 Å². The lowest BCUT2D eigenvalue weighted by Gasteiger charge is -2.33. The monoisotopic (exact) mass is 501 g/mol. The number of hydrogen-bond acceptors (Lipinski definition) is 5. The lowest BCUT2D eigenvalue weighted by molar-refractivity contribution is -0.139. The highest BCUT2D eigenvalue weighted by Crippen LogP contribution is 2.36. The molecule has 0 bridgehead atoms. The largest absolute Gasteiger partial charge is 0.425 e. The summed E-state index contributed by atoms with van der Waals surface area (Å²) in [6.45, 7) is 1.50. The molecule has 0 radical (unpaired) electrons. The van der Waals surface area contributed by atoms with Gasteiger partial charge in [-0.1, -0.05) is 60.7 Å². The molecule has 6 heteroatoms. The van der Waals surface area contributed by atoms with Crippen molar-refractivity contribution >= 4 is 39.4 Å². The van der Waals surface area contributed by atoms with Gasteiger partial charge in [0.2, 0.25) is 5.91 Å². The minimum absolute atomic E-state index is 0.244. The Kier molecular flexibility index (Phi) is 6.22. The molecule has 4 aromatic carbocycles. The van der Waals surface area contributed by atoms with Crippen LogP contribution in [0.25, 0.3) is 32.9 Å². The van der Waals surface area contributed by atoms with Gasteiger partial charge < -0.3 is 15.4 Å². The molecule has 1 aromatic heterocycles. The summed E-state index contributed by atoms with van der Waals surface area (Å²) in [7, 11) is 0. The Morgan fingerprint density at radius 1 is 0.789 bits per heavy atom. The van der Waals surface area contributed by atoms with E-state index in [1.165, 1.54) is 11.1 Å². The number of benzene rings is 4. The molecule has 0 atom stereocenters. The molecule has 1 amide bonds. The van der Waals surface area contributed by atoms with E-state index in [1.807, 2.05) is 42.5 Å². The van der Waals surface area contributed by atoms with Gasteiger partial charge in [0, 0.05) is 24.2 Å². The van der Waals surface area contributed by atoms with Gasteiger partial charge in [0.1, 0.15) is 5.75 Å². The van der Waals surface area contributed by atoms with Crippen LogP contribution in [0.2, 0.25) is 0 Å². The lowest BCUT2D eigenvalue weighted by Crippen LogP contribution is -2.37. The molecule has 1 aliphatic rings. The second-order valence-electron chi connectivity index (χ2n) is 9.62. The van der Waals surface area contributed by atoms with Gasteiger partial charge in [-0.3, -0.25) is 9.59 Å². The highest BCUT2D eigenvalue weighted by molar-refractivity contribution is 6.13. The van der Waals surface area contributed by atoms with Crippen molar-refractivity contribution in [3.63, 3.8) is 0 Å². The predicted octanol–water partition coefficient (Wildman–Crippen LogP) is 5.98. The molecule has 0 aliphatic carbocycles. The summed E-state index contributed by atoms with van der Waals surface area (Å²) in [5.74, 6) is -0.773. The third kappa shape index (κ3) is 4.45. The summed E-state index contributed by atoms with van der Waals surface area (Å²) in [4.78, 5) is 32.7. The molecule has 2 heterocycles. The van der Waals surface area contributed by atoms with Crippen LogP contribution in [0.4, 0.5) is 5.69 Å². The standard InChI is InChI=1S/C32H27N3O3/c33-31(36)26-13-7-15-28-29(26)30(25-12-4-5-14-27(25)34-28)38-32(37)22-16-18-35(19-17-22)24-11-6-10-23(20-24)21-8-2-1-3-9-21/h1-15,20,22H,16-19H2,(H2,33,36). The number of ether oxygens (including phenoxy) is 1. The SMILES string of the molecule is NC(=O)c1cccc2nc3ccccc3c(OC(=O)C3CCN(c4cccc(-c5ccccc5)c4)CC3)c12. The number of piperidine rings is 1. The maximum Gasteiger partial charge on any atom is 0.314 e. The molecule has 5 aromatic rings. The predicted molar refractivity (Wildman–Crippen MR) is 150 cm³/mol. The number of nitrogens with two attached hydrogens (primary N) is 1. The van der Waals surface area contributed by atoms with Crippen LogP contribution in [-0.4, -0.2) is 29.9 Å². The molecule has 188 valence electrons. The van der Waals surface area contributed by atoms with E-state index >= 15 is 0 Å². The number of carbonyl (C=O) groups is 2. The Morgan fingerprint density at radius 3 is 2.26 bits per heavy atom. The molecular weight excluding hydrogens is 474 g/mol. The normalized spacial score (nSPS) is 14.1. The van der Waals surface area contributed by atoms with Crippen LogP contribution in [0.1, 0.15) is 23.2 Å². The van der Waals surface area contributed by atoms with Gasteiger partial charge in [-0.05, 0) is 60.4 Å². The first kappa shape index (κ1) is 23.7. The van der Waals surface area contributed by atoms with Gasteiger partial charge in [0.05, 0.1) is 27.9 Å². The second kappa shape index (κ2) is 9.98. The zero-order valence-corrected chi connectivity index (χ0v) is 20.8. The van der Waals surface area contributed by atoms with Gasteiger partial charge in [0.15, 0.2) is 0 Å². The van der Waals surface area contributed by atoms with Gasteiger partial charge in [-0.2, -0.15) is 0 Å². The van der Waals surface area contributed by atoms with Crippen molar-refractivity contribution < 1.29 is 14.3 Å². The van der Waals surface area contributed by atoms with E-state index in [0.29, 0.717) is 40.4 Å². The number of para-hydroxylation sites is 1. The number of carbonyl (C=O) groups excluding carboxylic acids is 2. The quantitative estimate of drug-likeness (QED) is 0.237. The molecule has 1 saturated heterocycles. The average Bonchev–Trinajstić information content (AvgIpc) is 2.97. The van der Waals surface area contributed by atoms with Crippen LogP contribution in [0.15, 0.2) is 97.1 Å². The second-order valence-corrected chi connectivity index (χ2v) is 9.62. The van der Waals surface area contributed by atoms with E-state index < -0.39 is 5.91 Å². The number of pyridine rings is 1. The number of fused-ring (bicyclic) bond motifs is 2. The molecule has 0 saturated carbocycles. The molecule has 0 unspecified atom stereocenters. The third-order valence-electron chi connectivity index (χ3n) is 7.27. The van der Waals surface area contributed by atoms with Crippen molar-refractivity contribution in [3.8, 4) is 16.9 Å². The van der Waals surface area contributed by atoms with Crippen LogP contribution >= 0.6 is 0 Å². The minimum atomic E-state index is -0.587. The fourth-order valence-corrected chi connectivity index (χ4v) is 5.28. The molecular formula is C32H27N3O3. The Bertz CT molecular complexity index is 1660. The molecule has 38 heavy (non-hydrogen) atoms. The summed E-state index contributed by atoms with van der Waals surface area (Å²) < 4.78 is 6.08. The Labute approximate surface area is 220 Å². The van der Waals surface area contributed by atoms with E-state index in [2.05, 4.69) is 46.3 Å². The van der Waals surface area contributed by atoms with Crippen LogP contribution in [-0.2, 0) is 4.79 Å². The number of esters is 1. The number of nitrogens with zero attached hydrogens (tertiary/aromatic N) is 2. The van der Waals surface area contributed by atoms with Crippen LogP contribution < -0.4 is 15.4 Å².